The van der Waals surface area contributed by atoms with E-state index in [-0.39, 0.29) is 23.8 Å². The van der Waals surface area contributed by atoms with Crippen molar-refractivity contribution in [2.24, 2.45) is 5.92 Å². The summed E-state index contributed by atoms with van der Waals surface area (Å²) in [5.74, 6) is 0.117. The van der Waals surface area contributed by atoms with Crippen LogP contribution < -0.4 is 10.6 Å². The van der Waals surface area contributed by atoms with Gasteiger partial charge in [-0.15, -0.1) is 0 Å². The summed E-state index contributed by atoms with van der Waals surface area (Å²) in [4.78, 5) is 24.0. The molecule has 3 rings (SSSR count). The van der Waals surface area contributed by atoms with E-state index in [1.54, 1.807) is 24.3 Å². The summed E-state index contributed by atoms with van der Waals surface area (Å²) >= 11 is 0. The summed E-state index contributed by atoms with van der Waals surface area (Å²) in [7, 11) is 0. The van der Waals surface area contributed by atoms with Crippen LogP contribution in [0.3, 0.4) is 0 Å². The molecule has 118 valence electrons. The first-order valence-electron chi connectivity index (χ1n) is 7.90. The molecule has 0 unspecified atom stereocenters. The van der Waals surface area contributed by atoms with Gasteiger partial charge in [0.15, 0.2) is 0 Å². The maximum Gasteiger partial charge on any atom is 0.251 e. The lowest BCUT2D eigenvalue weighted by molar-refractivity contribution is -0.117. The normalized spacial score (nSPS) is 14.8. The first-order chi connectivity index (χ1) is 11.1. The zero-order valence-electron chi connectivity index (χ0n) is 13.1. The predicted molar refractivity (Wildman–Crippen MR) is 90.1 cm³/mol. The van der Waals surface area contributed by atoms with E-state index >= 15 is 0 Å². The molecule has 1 atom stereocenters. The topological polar surface area (TPSA) is 58.2 Å². The fourth-order valence-corrected chi connectivity index (χ4v) is 2.40. The van der Waals surface area contributed by atoms with Gasteiger partial charge in [0.25, 0.3) is 5.91 Å². The third-order valence-electron chi connectivity index (χ3n) is 4.01. The average molecular weight is 308 g/mol. The minimum Gasteiger partial charge on any atom is -0.346 e. The van der Waals surface area contributed by atoms with Crippen molar-refractivity contribution in [2.45, 2.75) is 25.8 Å². The molecule has 0 aromatic heterocycles. The quantitative estimate of drug-likeness (QED) is 0.888. The molecule has 2 N–H and O–H groups in total. The molecule has 0 radical (unpaired) electrons. The first-order valence-corrected chi connectivity index (χ1v) is 7.90. The Hall–Kier alpha value is -2.62. The molecule has 0 spiro atoms. The highest BCUT2D eigenvalue weighted by Gasteiger charge is 2.29. The largest absolute Gasteiger partial charge is 0.346 e. The van der Waals surface area contributed by atoms with E-state index in [2.05, 4.69) is 10.6 Å². The van der Waals surface area contributed by atoms with Crippen LogP contribution in [0.2, 0.25) is 0 Å². The van der Waals surface area contributed by atoms with Crippen LogP contribution in [0.15, 0.2) is 54.6 Å². The van der Waals surface area contributed by atoms with E-state index in [4.69, 9.17) is 0 Å². The van der Waals surface area contributed by atoms with E-state index in [1.165, 1.54) is 0 Å². The van der Waals surface area contributed by atoms with E-state index in [1.807, 2.05) is 37.3 Å². The van der Waals surface area contributed by atoms with Crippen LogP contribution in [0.1, 0.15) is 41.7 Å². The fourth-order valence-electron chi connectivity index (χ4n) is 2.40. The summed E-state index contributed by atoms with van der Waals surface area (Å²) in [5.41, 5.74) is 2.38. The van der Waals surface area contributed by atoms with Crippen LogP contribution in [0.4, 0.5) is 5.69 Å². The molecule has 2 amide bonds. The summed E-state index contributed by atoms with van der Waals surface area (Å²) in [6.45, 7) is 1.96. The second-order valence-corrected chi connectivity index (χ2v) is 5.95. The molecule has 0 aliphatic heterocycles. The lowest BCUT2D eigenvalue weighted by atomic mass is 10.1. The second-order valence-electron chi connectivity index (χ2n) is 5.95. The van der Waals surface area contributed by atoms with Crippen LogP contribution >= 0.6 is 0 Å². The monoisotopic (exact) mass is 308 g/mol. The molecular formula is C19H20N2O2. The smallest absolute Gasteiger partial charge is 0.251 e. The number of carbonyl (C=O) groups is 2. The highest BCUT2D eigenvalue weighted by Crippen LogP contribution is 2.30. The molecule has 4 nitrogen and oxygen atoms in total. The lowest BCUT2D eigenvalue weighted by Crippen LogP contribution is -2.26. The average Bonchev–Trinajstić information content (AvgIpc) is 3.41. The molecule has 1 aliphatic carbocycles. The molecule has 0 bridgehead atoms. The molecule has 4 heteroatoms. The van der Waals surface area contributed by atoms with Crippen LogP contribution in [0.25, 0.3) is 0 Å². The second kappa shape index (κ2) is 6.65. The molecule has 23 heavy (non-hydrogen) atoms. The van der Waals surface area contributed by atoms with Crippen molar-refractivity contribution >= 4 is 17.5 Å². The van der Waals surface area contributed by atoms with Gasteiger partial charge in [0.05, 0.1) is 6.04 Å². The van der Waals surface area contributed by atoms with Gasteiger partial charge >= 0.3 is 0 Å². The Morgan fingerprint density at radius 1 is 1.00 bits per heavy atom. The molecule has 0 saturated heterocycles. The Balaban J connectivity index is 1.60. The van der Waals surface area contributed by atoms with E-state index < -0.39 is 0 Å². The minimum absolute atomic E-state index is 0.0575. The lowest BCUT2D eigenvalue weighted by Gasteiger charge is -2.14. The molecule has 0 heterocycles. The van der Waals surface area contributed by atoms with Crippen molar-refractivity contribution in [3.05, 3.63) is 65.7 Å². The number of benzene rings is 2. The van der Waals surface area contributed by atoms with Crippen LogP contribution in [0.5, 0.6) is 0 Å². The van der Waals surface area contributed by atoms with Crippen molar-refractivity contribution < 1.29 is 9.59 Å². The van der Waals surface area contributed by atoms with Crippen molar-refractivity contribution in [2.75, 3.05) is 5.32 Å². The summed E-state index contributed by atoms with van der Waals surface area (Å²) in [5, 5.41) is 5.84. The molecule has 1 fully saturated rings. The predicted octanol–water partition coefficient (Wildman–Crippen LogP) is 3.53. The van der Waals surface area contributed by atoms with Crippen molar-refractivity contribution in [3.8, 4) is 0 Å². The molecule has 1 saturated carbocycles. The maximum absolute atomic E-state index is 12.3. The molecule has 2 aromatic rings. The number of carbonyl (C=O) groups excluding carboxylic acids is 2. The number of amides is 2. The van der Waals surface area contributed by atoms with E-state index in [0.717, 1.165) is 24.1 Å². The zero-order valence-corrected chi connectivity index (χ0v) is 13.1. The Morgan fingerprint density at radius 3 is 2.26 bits per heavy atom. The number of anilines is 1. The van der Waals surface area contributed by atoms with Crippen LogP contribution in [-0.4, -0.2) is 11.8 Å². The standard InChI is InChI=1S/C19H20N2O2/c1-13(14-5-3-2-4-6-14)20-18(22)16-9-11-17(12-10-16)21-19(23)15-7-8-15/h2-6,9-13,15H,7-8H2,1H3,(H,20,22)(H,21,23)/t13-/m1/s1. The molecular weight excluding hydrogens is 288 g/mol. The Bertz CT molecular complexity index is 691. The number of nitrogens with one attached hydrogen (secondary N) is 2. The van der Waals surface area contributed by atoms with Gasteiger partial charge in [-0.05, 0) is 49.6 Å². The highest BCUT2D eigenvalue weighted by atomic mass is 16.2. The summed E-state index contributed by atoms with van der Waals surface area (Å²) < 4.78 is 0. The number of hydrogen-bond acceptors (Lipinski definition) is 2. The van der Waals surface area contributed by atoms with Crippen molar-refractivity contribution in [3.63, 3.8) is 0 Å². The zero-order chi connectivity index (χ0) is 16.2. The number of hydrogen-bond donors (Lipinski definition) is 2. The van der Waals surface area contributed by atoms with Gasteiger partial charge in [0.1, 0.15) is 0 Å². The minimum atomic E-state index is -0.124. The first kappa shape index (κ1) is 15.3. The van der Waals surface area contributed by atoms with Crippen molar-refractivity contribution in [1.82, 2.24) is 5.32 Å². The van der Waals surface area contributed by atoms with Crippen LogP contribution in [-0.2, 0) is 4.79 Å². The Labute approximate surface area is 135 Å². The van der Waals surface area contributed by atoms with E-state index in [0.29, 0.717) is 5.56 Å². The van der Waals surface area contributed by atoms with Gasteiger partial charge in [-0.2, -0.15) is 0 Å². The highest BCUT2D eigenvalue weighted by molar-refractivity contribution is 5.96. The van der Waals surface area contributed by atoms with Gasteiger partial charge in [0.2, 0.25) is 5.91 Å². The number of rotatable bonds is 5. The van der Waals surface area contributed by atoms with Gasteiger partial charge in [-0.3, -0.25) is 9.59 Å². The van der Waals surface area contributed by atoms with Gasteiger partial charge < -0.3 is 10.6 Å². The Kier molecular flexibility index (Phi) is 4.42. The molecule has 1 aliphatic rings. The van der Waals surface area contributed by atoms with Crippen molar-refractivity contribution in [1.29, 1.82) is 0 Å². The summed E-state index contributed by atoms with van der Waals surface area (Å²) in [6.07, 6.45) is 1.95. The summed E-state index contributed by atoms with van der Waals surface area (Å²) in [6, 6.07) is 16.8. The third-order valence-corrected chi connectivity index (χ3v) is 4.01. The SMILES string of the molecule is C[C@@H](NC(=O)c1ccc(NC(=O)C2CC2)cc1)c1ccccc1. The Morgan fingerprint density at radius 2 is 1.65 bits per heavy atom. The maximum atomic E-state index is 12.3. The van der Waals surface area contributed by atoms with Crippen LogP contribution in [0, 0.1) is 5.92 Å². The van der Waals surface area contributed by atoms with Gasteiger partial charge in [0, 0.05) is 17.2 Å². The fraction of sp³-hybridized carbons (Fsp3) is 0.263. The van der Waals surface area contributed by atoms with Gasteiger partial charge in [-0.25, -0.2) is 0 Å². The van der Waals surface area contributed by atoms with Gasteiger partial charge in [-0.1, -0.05) is 30.3 Å². The van der Waals surface area contributed by atoms with E-state index in [9.17, 15) is 9.59 Å². The third kappa shape index (κ3) is 3.97. The molecule has 2 aromatic carbocycles.